The topological polar surface area (TPSA) is 93.6 Å². The van der Waals surface area contributed by atoms with Gasteiger partial charge in [0.15, 0.2) is 9.73 Å². The minimum atomic E-state index is -5.09. The summed E-state index contributed by atoms with van der Waals surface area (Å²) < 4.78 is 58.0. The third-order valence-corrected chi connectivity index (χ3v) is 9.14. The first-order valence-electron chi connectivity index (χ1n) is 11.2. The molecule has 3 aliphatic heterocycles. The van der Waals surface area contributed by atoms with Crippen LogP contribution in [-0.4, -0.2) is 63.2 Å². The number of amides is 3. The van der Waals surface area contributed by atoms with E-state index in [4.69, 9.17) is 4.78 Å². The predicted molar refractivity (Wildman–Crippen MR) is 114 cm³/mol. The lowest BCUT2D eigenvalue weighted by molar-refractivity contribution is -0.128. The zero-order valence-electron chi connectivity index (χ0n) is 18.1. The highest BCUT2D eigenvalue weighted by atomic mass is 32.2. The molecule has 1 aromatic carbocycles. The van der Waals surface area contributed by atoms with Crippen LogP contribution in [-0.2, 0) is 20.9 Å². The molecule has 1 aromatic rings. The second-order valence-electron chi connectivity index (χ2n) is 10.3. The van der Waals surface area contributed by atoms with Gasteiger partial charge in [-0.25, -0.2) is 13.8 Å². The van der Waals surface area contributed by atoms with Crippen LogP contribution in [0.1, 0.15) is 37.7 Å². The van der Waals surface area contributed by atoms with E-state index in [-0.39, 0.29) is 22.9 Å². The molecule has 4 aliphatic rings. The van der Waals surface area contributed by atoms with Crippen molar-refractivity contribution in [1.82, 2.24) is 15.1 Å². The van der Waals surface area contributed by atoms with Gasteiger partial charge in [0.05, 0.1) is 10.4 Å². The van der Waals surface area contributed by atoms with Crippen LogP contribution in [0.4, 0.5) is 18.0 Å². The summed E-state index contributed by atoms with van der Waals surface area (Å²) in [5.74, 6) is 0.362. The first-order valence-corrected chi connectivity index (χ1v) is 12.8. The average molecular weight is 485 g/mol. The van der Waals surface area contributed by atoms with Gasteiger partial charge >= 0.3 is 11.5 Å². The quantitative estimate of drug-likeness (QED) is 0.689. The van der Waals surface area contributed by atoms with Gasteiger partial charge in [0.2, 0.25) is 5.91 Å². The fourth-order valence-corrected chi connectivity index (χ4v) is 6.90. The van der Waals surface area contributed by atoms with Crippen molar-refractivity contribution in [3.05, 3.63) is 29.8 Å². The number of hydrogen-bond donors (Lipinski definition) is 2. The summed E-state index contributed by atoms with van der Waals surface area (Å²) in [6, 6.07) is 5.49. The number of likely N-dealkylation sites (tertiary alicyclic amines) is 2. The number of nitrogens with one attached hydrogen (secondary N) is 2. The fourth-order valence-electron chi connectivity index (χ4n) is 6.05. The summed E-state index contributed by atoms with van der Waals surface area (Å²) in [6.07, 6.45) is 4.70. The Morgan fingerprint density at radius 3 is 2.48 bits per heavy atom. The van der Waals surface area contributed by atoms with Crippen LogP contribution >= 0.6 is 0 Å². The Morgan fingerprint density at radius 1 is 1.18 bits per heavy atom. The SMILES string of the molecule is N=S(=O)(c1cccc(CC2CC3(C2)CN(C(=O)N2CC4(CCCC(=O)N4)C2)C3)c1)C(F)(F)F. The molecule has 0 radical (unpaired) electrons. The van der Waals surface area contributed by atoms with Crippen LogP contribution < -0.4 is 5.32 Å². The van der Waals surface area contributed by atoms with Crippen LogP contribution in [0.3, 0.4) is 0 Å². The maximum atomic E-state index is 12.9. The van der Waals surface area contributed by atoms with Crippen molar-refractivity contribution in [3.8, 4) is 0 Å². The van der Waals surface area contributed by atoms with Gasteiger partial charge in [-0.05, 0) is 55.7 Å². The highest BCUT2D eigenvalue weighted by molar-refractivity contribution is 7.93. The molecular formula is C22H27F3N4O3S. The number of carbonyl (C=O) groups is 2. The summed E-state index contributed by atoms with van der Waals surface area (Å²) in [5, 5.41) is 3.03. The number of urea groups is 1. The third kappa shape index (κ3) is 3.87. The van der Waals surface area contributed by atoms with Crippen LogP contribution in [0.5, 0.6) is 0 Å². The normalized spacial score (nSPS) is 25.6. The number of alkyl halides is 3. The average Bonchev–Trinajstić information content (AvgIpc) is 2.65. The maximum absolute atomic E-state index is 12.9. The van der Waals surface area contributed by atoms with Gasteiger partial charge in [-0.3, -0.25) is 4.79 Å². The summed E-state index contributed by atoms with van der Waals surface area (Å²) in [5.41, 5.74) is -4.58. The summed E-state index contributed by atoms with van der Waals surface area (Å²) in [4.78, 5) is 27.5. The van der Waals surface area contributed by atoms with E-state index in [1.807, 2.05) is 4.90 Å². The number of piperidine rings is 1. The largest absolute Gasteiger partial charge is 0.483 e. The van der Waals surface area contributed by atoms with Gasteiger partial charge < -0.3 is 15.1 Å². The van der Waals surface area contributed by atoms with Crippen molar-refractivity contribution in [2.24, 2.45) is 11.3 Å². The molecule has 2 spiro atoms. The Balaban J connectivity index is 1.10. The van der Waals surface area contributed by atoms with Crippen LogP contribution in [0.25, 0.3) is 0 Å². The molecule has 0 aromatic heterocycles. The molecule has 3 heterocycles. The third-order valence-electron chi connectivity index (χ3n) is 7.57. The van der Waals surface area contributed by atoms with Crippen LogP contribution in [0.15, 0.2) is 29.2 Å². The lowest BCUT2D eigenvalue weighted by Gasteiger charge is -2.61. The van der Waals surface area contributed by atoms with Crippen molar-refractivity contribution in [3.63, 3.8) is 0 Å². The molecule has 1 atom stereocenters. The van der Waals surface area contributed by atoms with E-state index in [9.17, 15) is 27.0 Å². The molecule has 5 rings (SSSR count). The van der Waals surface area contributed by atoms with E-state index in [0.29, 0.717) is 50.5 Å². The Hall–Kier alpha value is -2.30. The van der Waals surface area contributed by atoms with Gasteiger partial charge in [-0.2, -0.15) is 13.2 Å². The van der Waals surface area contributed by atoms with Crippen molar-refractivity contribution >= 4 is 21.7 Å². The van der Waals surface area contributed by atoms with Crippen molar-refractivity contribution in [2.45, 2.75) is 54.5 Å². The maximum Gasteiger partial charge on any atom is 0.483 e. The first-order chi connectivity index (χ1) is 15.4. The smallest absolute Gasteiger partial charge is 0.347 e. The number of rotatable bonds is 3. The number of nitrogens with zero attached hydrogens (tertiary/aromatic N) is 2. The molecule has 1 aliphatic carbocycles. The van der Waals surface area contributed by atoms with Gasteiger partial charge in [-0.1, -0.05) is 12.1 Å². The number of benzene rings is 1. The number of carbonyl (C=O) groups excluding carboxylic acids is 2. The molecule has 0 bridgehead atoms. The van der Waals surface area contributed by atoms with Crippen LogP contribution in [0, 0.1) is 16.1 Å². The van der Waals surface area contributed by atoms with E-state index in [1.165, 1.54) is 12.1 Å². The molecule has 4 fully saturated rings. The highest BCUT2D eigenvalue weighted by Crippen LogP contribution is 2.53. The Morgan fingerprint density at radius 2 is 1.85 bits per heavy atom. The van der Waals surface area contributed by atoms with Crippen molar-refractivity contribution in [2.75, 3.05) is 26.2 Å². The Kier molecular flexibility index (Phi) is 5.01. The molecule has 1 saturated carbocycles. The molecule has 3 saturated heterocycles. The van der Waals surface area contributed by atoms with Gasteiger partial charge in [0.1, 0.15) is 0 Å². The molecule has 11 heteroatoms. The second-order valence-corrected chi connectivity index (χ2v) is 12.4. The van der Waals surface area contributed by atoms with E-state index < -0.39 is 20.1 Å². The molecule has 33 heavy (non-hydrogen) atoms. The summed E-state index contributed by atoms with van der Waals surface area (Å²) in [7, 11) is -4.85. The monoisotopic (exact) mass is 484 g/mol. The zero-order valence-corrected chi connectivity index (χ0v) is 18.9. The van der Waals surface area contributed by atoms with Crippen molar-refractivity contribution in [1.29, 1.82) is 4.78 Å². The summed E-state index contributed by atoms with van der Waals surface area (Å²) >= 11 is 0. The lowest BCUT2D eigenvalue weighted by atomic mass is 9.56. The second kappa shape index (κ2) is 7.35. The van der Waals surface area contributed by atoms with Crippen LogP contribution in [0.2, 0.25) is 0 Å². The Bertz CT molecular complexity index is 1080. The number of halogens is 3. The van der Waals surface area contributed by atoms with E-state index in [2.05, 4.69) is 5.32 Å². The molecule has 7 nitrogen and oxygen atoms in total. The fraction of sp³-hybridized carbons (Fsp3) is 0.636. The Labute approximate surface area is 190 Å². The standard InChI is InChI=1S/C22H27F3N4O3S/c23-22(24,25)33(26,32)17-4-1-3-15(8-17)7-16-9-20(10-16)11-28(12-20)19(31)29-13-21(14-29)6-2-5-18(30)27-21/h1,3-4,8,16,26H,2,5-7,9-14H2,(H,27,30). The number of hydrogen-bond acceptors (Lipinski definition) is 4. The highest BCUT2D eigenvalue weighted by Gasteiger charge is 2.56. The lowest BCUT2D eigenvalue weighted by Crippen LogP contribution is -2.75. The van der Waals surface area contributed by atoms with Crippen molar-refractivity contribution < 1.29 is 27.0 Å². The van der Waals surface area contributed by atoms with E-state index in [0.717, 1.165) is 31.7 Å². The molecule has 2 N–H and O–H groups in total. The first kappa shape index (κ1) is 22.5. The minimum absolute atomic E-state index is 0.0135. The van der Waals surface area contributed by atoms with E-state index >= 15 is 0 Å². The molecule has 3 amide bonds. The summed E-state index contributed by atoms with van der Waals surface area (Å²) in [6.45, 7) is 2.51. The molecule has 1 unspecified atom stereocenters. The minimum Gasteiger partial charge on any atom is -0.347 e. The molecular weight excluding hydrogens is 457 g/mol. The van der Waals surface area contributed by atoms with E-state index in [1.54, 1.807) is 11.0 Å². The molecule has 180 valence electrons. The zero-order chi connectivity index (χ0) is 23.6. The van der Waals surface area contributed by atoms with Gasteiger partial charge in [0.25, 0.3) is 0 Å². The van der Waals surface area contributed by atoms with Gasteiger partial charge in [-0.15, -0.1) is 0 Å². The predicted octanol–water partition coefficient (Wildman–Crippen LogP) is 3.34. The van der Waals surface area contributed by atoms with Gasteiger partial charge in [0, 0.05) is 38.0 Å².